The molecule has 16 heavy (non-hydrogen) atoms. The van der Waals surface area contributed by atoms with Crippen molar-refractivity contribution >= 4 is 11.9 Å². The lowest BCUT2D eigenvalue weighted by atomic mass is 10.2. The number of rotatable bonds is 2. The van der Waals surface area contributed by atoms with Crippen molar-refractivity contribution < 1.29 is 19.7 Å². The topological polar surface area (TPSA) is 108 Å². The van der Waals surface area contributed by atoms with E-state index in [4.69, 9.17) is 15.6 Å². The molecule has 90 valence electrons. The monoisotopic (exact) mass is 229 g/mol. The summed E-state index contributed by atoms with van der Waals surface area (Å²) >= 11 is 0. The van der Waals surface area contributed by atoms with Crippen molar-refractivity contribution in [2.45, 2.75) is 31.3 Å². The van der Waals surface area contributed by atoms with Gasteiger partial charge in [-0.2, -0.15) is 4.99 Å². The zero-order chi connectivity index (χ0) is 11.7. The van der Waals surface area contributed by atoms with Crippen LogP contribution in [0.1, 0.15) is 12.8 Å². The van der Waals surface area contributed by atoms with Crippen LogP contribution >= 0.6 is 0 Å². The largest absolute Gasteiger partial charge is 0.394 e. The fourth-order valence-electron chi connectivity index (χ4n) is 1.91. The second-order valence-corrected chi connectivity index (χ2v) is 3.94. The van der Waals surface area contributed by atoms with Gasteiger partial charge in [0, 0.05) is 19.4 Å². The van der Waals surface area contributed by atoms with Crippen LogP contribution in [0.5, 0.6) is 0 Å². The normalized spacial score (nSPS) is 35.4. The molecule has 0 unspecified atom stereocenters. The van der Waals surface area contributed by atoms with Gasteiger partial charge in [0.05, 0.1) is 12.7 Å². The Morgan fingerprint density at radius 3 is 2.94 bits per heavy atom. The van der Waals surface area contributed by atoms with Crippen molar-refractivity contribution in [3.63, 3.8) is 0 Å². The molecule has 7 heteroatoms. The molecular formula is C9H15N3O4. The van der Waals surface area contributed by atoms with Gasteiger partial charge < -0.3 is 20.7 Å². The smallest absolute Gasteiger partial charge is 0.347 e. The van der Waals surface area contributed by atoms with E-state index in [1.165, 1.54) is 4.90 Å². The summed E-state index contributed by atoms with van der Waals surface area (Å²) in [6.07, 6.45) is -1.08. The third-order valence-electron chi connectivity index (χ3n) is 2.83. The fraction of sp³-hybridized carbons (Fsp3) is 0.778. The highest BCUT2D eigenvalue weighted by molar-refractivity contribution is 5.95. The van der Waals surface area contributed by atoms with Crippen LogP contribution in [0.25, 0.3) is 0 Å². The van der Waals surface area contributed by atoms with E-state index in [2.05, 4.69) is 4.99 Å². The van der Waals surface area contributed by atoms with Crippen molar-refractivity contribution in [3.05, 3.63) is 0 Å². The molecule has 0 aromatic carbocycles. The van der Waals surface area contributed by atoms with Crippen LogP contribution in [0, 0.1) is 0 Å². The van der Waals surface area contributed by atoms with Crippen molar-refractivity contribution in [3.8, 4) is 0 Å². The van der Waals surface area contributed by atoms with Crippen LogP contribution < -0.4 is 5.73 Å². The summed E-state index contributed by atoms with van der Waals surface area (Å²) in [5.74, 6) is 0.318. The zero-order valence-corrected chi connectivity index (χ0v) is 8.74. The van der Waals surface area contributed by atoms with Crippen LogP contribution in [0.4, 0.5) is 4.79 Å². The maximum absolute atomic E-state index is 11.5. The lowest BCUT2D eigenvalue weighted by Crippen LogP contribution is -2.44. The Kier molecular flexibility index (Phi) is 3.08. The molecule has 0 saturated carbocycles. The molecule has 3 atom stereocenters. The van der Waals surface area contributed by atoms with Crippen molar-refractivity contribution in [1.82, 2.24) is 4.90 Å². The Bertz CT molecular complexity index is 320. The summed E-state index contributed by atoms with van der Waals surface area (Å²) in [5, 5.41) is 18.5. The number of hydrogen-bond acceptors (Lipinski definition) is 5. The second-order valence-electron chi connectivity index (χ2n) is 3.94. The van der Waals surface area contributed by atoms with Gasteiger partial charge in [0.25, 0.3) is 0 Å². The van der Waals surface area contributed by atoms with Crippen LogP contribution in [-0.4, -0.2) is 58.6 Å². The number of nitrogens with two attached hydrogens (primary N) is 1. The molecule has 0 bridgehead atoms. The number of aliphatic hydroxyl groups is 2. The summed E-state index contributed by atoms with van der Waals surface area (Å²) in [6, 6.07) is -0.445. The summed E-state index contributed by atoms with van der Waals surface area (Å²) < 4.78 is 5.36. The molecule has 0 aromatic heterocycles. The third-order valence-corrected chi connectivity index (χ3v) is 2.83. The number of urea groups is 1. The minimum Gasteiger partial charge on any atom is -0.394 e. The van der Waals surface area contributed by atoms with E-state index in [1.807, 2.05) is 0 Å². The molecule has 0 spiro atoms. The quantitative estimate of drug-likeness (QED) is 0.541. The highest BCUT2D eigenvalue weighted by Gasteiger charge is 2.39. The number of nitrogens with zero attached hydrogens (tertiary/aromatic N) is 2. The minimum atomic E-state index is -0.744. The van der Waals surface area contributed by atoms with Gasteiger partial charge in [-0.15, -0.1) is 0 Å². The van der Waals surface area contributed by atoms with E-state index >= 15 is 0 Å². The second kappa shape index (κ2) is 4.36. The lowest BCUT2D eigenvalue weighted by molar-refractivity contribution is -0.0631. The zero-order valence-electron chi connectivity index (χ0n) is 8.74. The van der Waals surface area contributed by atoms with Crippen LogP contribution in [0.15, 0.2) is 4.99 Å². The van der Waals surface area contributed by atoms with E-state index in [0.29, 0.717) is 25.2 Å². The van der Waals surface area contributed by atoms with Gasteiger partial charge in [0.2, 0.25) is 0 Å². The van der Waals surface area contributed by atoms with E-state index in [-0.39, 0.29) is 6.61 Å². The Morgan fingerprint density at radius 1 is 1.62 bits per heavy atom. The summed E-state index contributed by atoms with van der Waals surface area (Å²) in [5.41, 5.74) is 5.44. The molecule has 2 aliphatic rings. The molecular weight excluding hydrogens is 214 g/mol. The lowest BCUT2D eigenvalue weighted by Gasteiger charge is -2.29. The van der Waals surface area contributed by atoms with Gasteiger partial charge in [-0.25, -0.2) is 4.79 Å². The first-order chi connectivity index (χ1) is 7.61. The van der Waals surface area contributed by atoms with Crippen LogP contribution in [0.3, 0.4) is 0 Å². The van der Waals surface area contributed by atoms with E-state index in [1.54, 1.807) is 0 Å². The molecule has 0 radical (unpaired) electrons. The fourth-order valence-corrected chi connectivity index (χ4v) is 1.91. The molecule has 0 aliphatic carbocycles. The molecule has 7 nitrogen and oxygen atoms in total. The van der Waals surface area contributed by atoms with Gasteiger partial charge in [-0.05, 0) is 0 Å². The number of amides is 2. The van der Waals surface area contributed by atoms with Crippen LogP contribution in [0.2, 0.25) is 0 Å². The third kappa shape index (κ3) is 2.01. The Labute approximate surface area is 92.5 Å². The molecule has 2 rings (SSSR count). The van der Waals surface area contributed by atoms with E-state index in [0.717, 1.165) is 0 Å². The Balaban J connectivity index is 2.02. The molecule has 2 heterocycles. The number of aliphatic hydroxyl groups excluding tert-OH is 2. The van der Waals surface area contributed by atoms with Gasteiger partial charge >= 0.3 is 6.03 Å². The van der Waals surface area contributed by atoms with Crippen molar-refractivity contribution in [1.29, 1.82) is 0 Å². The van der Waals surface area contributed by atoms with Crippen molar-refractivity contribution in [2.75, 3.05) is 13.2 Å². The Hall–Kier alpha value is -1.18. The summed E-state index contributed by atoms with van der Waals surface area (Å²) in [4.78, 5) is 16.6. The maximum atomic E-state index is 11.5. The van der Waals surface area contributed by atoms with Crippen LogP contribution in [-0.2, 0) is 4.74 Å². The molecule has 2 amide bonds. The van der Waals surface area contributed by atoms with Gasteiger partial charge in [0.15, 0.2) is 0 Å². The highest BCUT2D eigenvalue weighted by atomic mass is 16.5. The summed E-state index contributed by atoms with van der Waals surface area (Å²) in [7, 11) is 0. The molecule has 4 N–H and O–H groups in total. The number of ether oxygens (including phenoxy) is 1. The average molecular weight is 229 g/mol. The SMILES string of the molecule is NC1=NC(=O)N([C@H]2C[C@@H](O)[C@@H](CO)O2)CC1. The number of amidine groups is 1. The average Bonchev–Trinajstić information content (AvgIpc) is 2.59. The van der Waals surface area contributed by atoms with Gasteiger partial charge in [-0.1, -0.05) is 0 Å². The molecule has 1 saturated heterocycles. The maximum Gasteiger partial charge on any atom is 0.347 e. The first kappa shape index (κ1) is 11.3. The highest BCUT2D eigenvalue weighted by Crippen LogP contribution is 2.24. The number of hydrogen-bond donors (Lipinski definition) is 3. The standard InChI is InChI=1S/C9H15N3O4/c10-7-1-2-12(9(15)11-7)8-3-5(14)6(4-13)16-8/h5-6,8,13-14H,1-4H2,(H2,10,11,15)/t5-,6-,8-/m1/s1. The first-order valence-corrected chi connectivity index (χ1v) is 5.20. The Morgan fingerprint density at radius 2 is 2.38 bits per heavy atom. The number of carbonyl (C=O) groups excluding carboxylic acids is 1. The van der Waals surface area contributed by atoms with Crippen molar-refractivity contribution in [2.24, 2.45) is 10.7 Å². The minimum absolute atomic E-state index is 0.259. The van der Waals surface area contributed by atoms with Gasteiger partial charge in [0.1, 0.15) is 18.2 Å². The molecule has 2 aliphatic heterocycles. The molecule has 1 fully saturated rings. The predicted octanol–water partition coefficient (Wildman–Crippen LogP) is -1.36. The van der Waals surface area contributed by atoms with Gasteiger partial charge in [-0.3, -0.25) is 4.90 Å². The number of carbonyl (C=O) groups is 1. The first-order valence-electron chi connectivity index (χ1n) is 5.20. The number of aliphatic imine (C=N–C) groups is 1. The summed E-state index contributed by atoms with van der Waals surface area (Å²) in [6.45, 7) is 0.175. The predicted molar refractivity (Wildman–Crippen MR) is 54.7 cm³/mol. The van der Waals surface area contributed by atoms with E-state index < -0.39 is 24.5 Å². The van der Waals surface area contributed by atoms with E-state index in [9.17, 15) is 9.90 Å². The molecule has 0 aromatic rings.